The molecule has 0 saturated carbocycles. The van der Waals surface area contributed by atoms with Gasteiger partial charge in [0.05, 0.1) is 6.17 Å². The van der Waals surface area contributed by atoms with Gasteiger partial charge in [0.25, 0.3) is 0 Å². The van der Waals surface area contributed by atoms with E-state index in [0.717, 1.165) is 0 Å². The third-order valence-electron chi connectivity index (χ3n) is 1.85. The lowest BCUT2D eigenvalue weighted by atomic mass is 10.3. The third kappa shape index (κ3) is 1.01. The van der Waals surface area contributed by atoms with E-state index in [4.69, 9.17) is 0 Å². The first kappa shape index (κ1) is 6.05. The summed E-state index contributed by atoms with van der Waals surface area (Å²) in [6.07, 6.45) is 3.31. The molecule has 0 unspecified atom stereocenters. The van der Waals surface area contributed by atoms with Gasteiger partial charge in [-0.3, -0.25) is 4.90 Å². The second-order valence-corrected chi connectivity index (χ2v) is 2.43. The minimum absolute atomic E-state index is 0.648. The predicted octanol–water partition coefficient (Wildman–Crippen LogP) is 0.257. The monoisotopic (exact) mass is 114 g/mol. The van der Waals surface area contributed by atoms with Crippen LogP contribution in [-0.4, -0.2) is 31.7 Å². The van der Waals surface area contributed by atoms with Crippen LogP contribution >= 0.6 is 0 Å². The third-order valence-corrected chi connectivity index (χ3v) is 1.85. The van der Waals surface area contributed by atoms with Gasteiger partial charge in [-0.15, -0.1) is 0 Å². The molecular weight excluding hydrogens is 100 g/mol. The first-order valence-electron chi connectivity index (χ1n) is 3.22. The van der Waals surface area contributed by atoms with Gasteiger partial charge >= 0.3 is 0 Å². The Bertz CT molecular complexity index is 72.9. The fourth-order valence-corrected chi connectivity index (χ4v) is 1.27. The maximum absolute atomic E-state index is 3.24. The minimum Gasteiger partial charge on any atom is -0.305 e. The molecule has 0 aromatic carbocycles. The molecule has 1 atom stereocenters. The number of hydrogen-bond donors (Lipinski definition) is 1. The fourth-order valence-electron chi connectivity index (χ4n) is 1.27. The summed E-state index contributed by atoms with van der Waals surface area (Å²) in [5.41, 5.74) is 0. The summed E-state index contributed by atoms with van der Waals surface area (Å²) in [6, 6.07) is 0. The number of nitrogens with zero attached hydrogens (tertiary/aromatic N) is 1. The number of rotatable bonds is 1. The first-order valence-corrected chi connectivity index (χ1v) is 3.22. The van der Waals surface area contributed by atoms with Crippen molar-refractivity contribution in [1.29, 1.82) is 0 Å². The maximum Gasteiger partial charge on any atom is 0.0592 e. The second-order valence-electron chi connectivity index (χ2n) is 2.43. The van der Waals surface area contributed by atoms with E-state index in [1.807, 2.05) is 7.05 Å². The highest BCUT2D eigenvalue weighted by atomic mass is 15.3. The highest BCUT2D eigenvalue weighted by Gasteiger charge is 2.17. The molecule has 0 aromatic rings. The van der Waals surface area contributed by atoms with Gasteiger partial charge in [-0.25, -0.2) is 0 Å². The Morgan fingerprint density at radius 3 is 2.62 bits per heavy atom. The van der Waals surface area contributed by atoms with E-state index in [2.05, 4.69) is 17.3 Å². The van der Waals surface area contributed by atoms with Crippen molar-refractivity contribution in [2.45, 2.75) is 19.0 Å². The summed E-state index contributed by atoms with van der Waals surface area (Å²) in [5.74, 6) is 0. The molecule has 2 nitrogen and oxygen atoms in total. The van der Waals surface area contributed by atoms with Crippen molar-refractivity contribution >= 4 is 0 Å². The van der Waals surface area contributed by atoms with E-state index in [1.54, 1.807) is 0 Å². The van der Waals surface area contributed by atoms with Crippen LogP contribution in [0.25, 0.3) is 0 Å². The van der Waals surface area contributed by atoms with Gasteiger partial charge in [0.1, 0.15) is 0 Å². The van der Waals surface area contributed by atoms with E-state index in [-0.39, 0.29) is 0 Å². The summed E-state index contributed by atoms with van der Waals surface area (Å²) in [7, 11) is 4.18. The SMILES string of the molecule is CN[C@H]1CCCN1C. The van der Waals surface area contributed by atoms with Gasteiger partial charge in [0, 0.05) is 0 Å². The van der Waals surface area contributed by atoms with Crippen LogP contribution in [0, 0.1) is 0 Å². The maximum atomic E-state index is 3.24. The van der Waals surface area contributed by atoms with Gasteiger partial charge in [-0.05, 0) is 33.5 Å². The number of likely N-dealkylation sites (tertiary alicyclic amines) is 1. The summed E-state index contributed by atoms with van der Waals surface area (Å²) in [6.45, 7) is 1.26. The van der Waals surface area contributed by atoms with E-state index in [1.165, 1.54) is 19.4 Å². The Kier molecular flexibility index (Phi) is 1.86. The van der Waals surface area contributed by atoms with Crippen molar-refractivity contribution in [1.82, 2.24) is 10.2 Å². The molecule has 1 aliphatic heterocycles. The average molecular weight is 114 g/mol. The summed E-state index contributed by atoms with van der Waals surface area (Å²) in [4.78, 5) is 2.35. The average Bonchev–Trinajstić information content (AvgIpc) is 2.14. The molecule has 2 heteroatoms. The Morgan fingerprint density at radius 2 is 2.38 bits per heavy atom. The lowest BCUT2D eigenvalue weighted by Crippen LogP contribution is -2.35. The van der Waals surface area contributed by atoms with Gasteiger partial charge in [0.15, 0.2) is 0 Å². The van der Waals surface area contributed by atoms with Gasteiger partial charge < -0.3 is 5.32 Å². The molecule has 1 saturated heterocycles. The zero-order valence-corrected chi connectivity index (χ0v) is 5.65. The standard InChI is InChI=1S/C6H14N2/c1-7-6-4-3-5-8(6)2/h6-7H,3-5H2,1-2H3/t6-/m1/s1. The Morgan fingerprint density at radius 1 is 1.62 bits per heavy atom. The van der Waals surface area contributed by atoms with Crippen LogP contribution in [-0.2, 0) is 0 Å². The van der Waals surface area contributed by atoms with Crippen LogP contribution in [0.15, 0.2) is 0 Å². The van der Waals surface area contributed by atoms with Gasteiger partial charge in [0.2, 0.25) is 0 Å². The summed E-state index contributed by atoms with van der Waals surface area (Å²) < 4.78 is 0. The zero-order chi connectivity index (χ0) is 5.98. The Hall–Kier alpha value is -0.0800. The van der Waals surface area contributed by atoms with Crippen molar-refractivity contribution in [2.75, 3.05) is 20.6 Å². The molecule has 1 fully saturated rings. The lowest BCUT2D eigenvalue weighted by Gasteiger charge is -2.17. The van der Waals surface area contributed by atoms with E-state index < -0.39 is 0 Å². The molecule has 1 heterocycles. The molecule has 0 bridgehead atoms. The zero-order valence-electron chi connectivity index (χ0n) is 5.65. The number of nitrogens with one attached hydrogen (secondary N) is 1. The number of hydrogen-bond acceptors (Lipinski definition) is 2. The normalized spacial score (nSPS) is 31.5. The van der Waals surface area contributed by atoms with Crippen LogP contribution < -0.4 is 5.32 Å². The van der Waals surface area contributed by atoms with Crippen LogP contribution in [0.4, 0.5) is 0 Å². The molecule has 0 aromatic heterocycles. The van der Waals surface area contributed by atoms with Crippen LogP contribution in [0.2, 0.25) is 0 Å². The summed E-state index contributed by atoms with van der Waals surface area (Å²) >= 11 is 0. The molecule has 0 spiro atoms. The van der Waals surface area contributed by atoms with E-state index in [9.17, 15) is 0 Å². The molecule has 1 rings (SSSR count). The molecule has 1 N–H and O–H groups in total. The highest BCUT2D eigenvalue weighted by molar-refractivity contribution is 4.71. The van der Waals surface area contributed by atoms with Crippen molar-refractivity contribution in [3.8, 4) is 0 Å². The van der Waals surface area contributed by atoms with E-state index >= 15 is 0 Å². The highest BCUT2D eigenvalue weighted by Crippen LogP contribution is 2.10. The summed E-state index contributed by atoms with van der Waals surface area (Å²) in [5, 5.41) is 3.24. The molecule has 48 valence electrons. The molecular formula is C6H14N2. The molecule has 0 aliphatic carbocycles. The first-order chi connectivity index (χ1) is 3.84. The smallest absolute Gasteiger partial charge is 0.0592 e. The van der Waals surface area contributed by atoms with Crippen molar-refractivity contribution < 1.29 is 0 Å². The van der Waals surface area contributed by atoms with Crippen LogP contribution in [0.1, 0.15) is 12.8 Å². The molecule has 0 radical (unpaired) electrons. The Balaban J connectivity index is 2.30. The lowest BCUT2D eigenvalue weighted by molar-refractivity contribution is 0.279. The largest absolute Gasteiger partial charge is 0.305 e. The molecule has 1 aliphatic rings. The minimum atomic E-state index is 0.648. The Labute approximate surface area is 50.9 Å². The van der Waals surface area contributed by atoms with Crippen molar-refractivity contribution in [3.05, 3.63) is 0 Å². The van der Waals surface area contributed by atoms with Crippen molar-refractivity contribution in [3.63, 3.8) is 0 Å². The van der Waals surface area contributed by atoms with Gasteiger partial charge in [-0.1, -0.05) is 0 Å². The van der Waals surface area contributed by atoms with E-state index in [0.29, 0.717) is 6.17 Å². The molecule has 0 amide bonds. The predicted molar refractivity (Wildman–Crippen MR) is 34.7 cm³/mol. The second kappa shape index (κ2) is 2.46. The molecule has 8 heavy (non-hydrogen) atoms. The van der Waals surface area contributed by atoms with Gasteiger partial charge in [-0.2, -0.15) is 0 Å². The van der Waals surface area contributed by atoms with Crippen LogP contribution in [0.5, 0.6) is 0 Å². The van der Waals surface area contributed by atoms with Crippen LogP contribution in [0.3, 0.4) is 0 Å². The topological polar surface area (TPSA) is 15.3 Å². The quantitative estimate of drug-likeness (QED) is 0.526. The van der Waals surface area contributed by atoms with Crippen molar-refractivity contribution in [2.24, 2.45) is 0 Å². The fraction of sp³-hybridized carbons (Fsp3) is 1.00.